The molecule has 0 unspecified atom stereocenters. The van der Waals surface area contributed by atoms with Crippen molar-refractivity contribution in [2.45, 2.75) is 23.8 Å². The number of rotatable bonds is 5. The number of aromatic nitrogens is 2. The minimum absolute atomic E-state index is 0.00621. The van der Waals surface area contributed by atoms with E-state index in [-0.39, 0.29) is 5.75 Å². The predicted octanol–water partition coefficient (Wildman–Crippen LogP) is 2.80. The average Bonchev–Trinajstić information content (AvgIpc) is 3.25. The van der Waals surface area contributed by atoms with Crippen molar-refractivity contribution in [1.82, 2.24) is 9.78 Å². The maximum Gasteiger partial charge on any atom is 0.313 e. The van der Waals surface area contributed by atoms with Gasteiger partial charge in [0.2, 0.25) is 0 Å². The van der Waals surface area contributed by atoms with E-state index in [1.807, 2.05) is 12.1 Å². The summed E-state index contributed by atoms with van der Waals surface area (Å²) in [4.78, 5) is 10.8. The number of thioether (sulfide) groups is 1. The number of hydrogen-bond donors (Lipinski definition) is 1. The van der Waals surface area contributed by atoms with Gasteiger partial charge in [0, 0.05) is 5.92 Å². The highest BCUT2D eigenvalue weighted by atomic mass is 32.2. The van der Waals surface area contributed by atoms with E-state index >= 15 is 0 Å². The Kier molecular flexibility index (Phi) is 3.67. The average molecular weight is 299 g/mol. The normalized spacial score (nSPS) is 13.9. The molecule has 0 bridgehead atoms. The first-order valence-electron chi connectivity index (χ1n) is 6.62. The Morgan fingerprint density at radius 3 is 2.95 bits per heavy atom. The van der Waals surface area contributed by atoms with E-state index in [0.29, 0.717) is 11.5 Å². The number of nitriles is 1. The molecule has 1 fully saturated rings. The van der Waals surface area contributed by atoms with Crippen LogP contribution >= 0.6 is 11.8 Å². The molecule has 1 aromatic carbocycles. The summed E-state index contributed by atoms with van der Waals surface area (Å²) in [5.41, 5.74) is 2.35. The van der Waals surface area contributed by atoms with Gasteiger partial charge in [0.25, 0.3) is 0 Å². The van der Waals surface area contributed by atoms with E-state index < -0.39 is 5.97 Å². The molecule has 0 radical (unpaired) electrons. The number of nitrogens with zero attached hydrogens (tertiary/aromatic N) is 3. The lowest BCUT2D eigenvalue weighted by Gasteiger charge is -2.06. The minimum atomic E-state index is -0.855. The lowest BCUT2D eigenvalue weighted by molar-refractivity contribution is -0.133. The van der Waals surface area contributed by atoms with Crippen LogP contribution in [0.3, 0.4) is 0 Å². The zero-order valence-electron chi connectivity index (χ0n) is 11.2. The molecule has 1 aromatic heterocycles. The second-order valence-electron chi connectivity index (χ2n) is 4.94. The second-order valence-corrected chi connectivity index (χ2v) is 5.93. The number of carboxylic acids is 1. The standard InChI is InChI=1S/C15H13N3O2S/c16-8-10-2-1-3-12(6-10)18-14(21-9-15(19)20)7-13(17-18)11-4-5-11/h1-3,6-7,11H,4-5,9H2,(H,19,20). The van der Waals surface area contributed by atoms with E-state index in [2.05, 4.69) is 11.2 Å². The Hall–Kier alpha value is -2.26. The Balaban J connectivity index is 1.98. The molecule has 6 heteroatoms. The molecule has 0 saturated heterocycles. The summed E-state index contributed by atoms with van der Waals surface area (Å²) in [6.07, 6.45) is 2.27. The van der Waals surface area contributed by atoms with E-state index in [4.69, 9.17) is 10.4 Å². The first-order valence-corrected chi connectivity index (χ1v) is 7.61. The summed E-state index contributed by atoms with van der Waals surface area (Å²) in [5.74, 6) is -0.366. The van der Waals surface area contributed by atoms with Crippen molar-refractivity contribution in [1.29, 1.82) is 5.26 Å². The van der Waals surface area contributed by atoms with Gasteiger partial charge in [-0.3, -0.25) is 4.79 Å². The number of hydrogen-bond acceptors (Lipinski definition) is 4. The van der Waals surface area contributed by atoms with Crippen molar-refractivity contribution in [3.05, 3.63) is 41.6 Å². The maximum atomic E-state index is 10.8. The third-order valence-electron chi connectivity index (χ3n) is 3.25. The molecule has 0 aliphatic heterocycles. The maximum absolute atomic E-state index is 10.8. The molecule has 3 rings (SSSR count). The van der Waals surface area contributed by atoms with Crippen LogP contribution in [0, 0.1) is 11.3 Å². The van der Waals surface area contributed by atoms with E-state index in [1.165, 1.54) is 11.8 Å². The molecule has 21 heavy (non-hydrogen) atoms. The van der Waals surface area contributed by atoms with E-state index in [0.717, 1.165) is 29.2 Å². The Labute approximate surface area is 126 Å². The van der Waals surface area contributed by atoms with Gasteiger partial charge in [-0.1, -0.05) is 17.8 Å². The summed E-state index contributed by atoms with van der Waals surface area (Å²) >= 11 is 1.25. The van der Waals surface area contributed by atoms with Crippen molar-refractivity contribution in [3.8, 4) is 11.8 Å². The molecule has 0 amide bonds. The Bertz CT molecular complexity index is 729. The number of aliphatic carboxylic acids is 1. The highest BCUT2D eigenvalue weighted by Gasteiger charge is 2.27. The van der Waals surface area contributed by atoms with Gasteiger partial charge in [-0.2, -0.15) is 10.4 Å². The molecule has 1 aliphatic rings. The topological polar surface area (TPSA) is 78.9 Å². The summed E-state index contributed by atoms with van der Waals surface area (Å²) in [6, 6.07) is 11.2. The molecule has 1 aliphatic carbocycles. The lowest BCUT2D eigenvalue weighted by atomic mass is 10.2. The monoisotopic (exact) mass is 299 g/mol. The van der Waals surface area contributed by atoms with Crippen molar-refractivity contribution < 1.29 is 9.90 Å². The molecular weight excluding hydrogens is 286 g/mol. The third kappa shape index (κ3) is 3.09. The van der Waals surface area contributed by atoms with Crippen LogP contribution in [-0.4, -0.2) is 26.6 Å². The molecule has 5 nitrogen and oxygen atoms in total. The highest BCUT2D eigenvalue weighted by Crippen LogP contribution is 2.41. The van der Waals surface area contributed by atoms with Crippen LogP contribution in [-0.2, 0) is 4.79 Å². The largest absolute Gasteiger partial charge is 0.481 e. The highest BCUT2D eigenvalue weighted by molar-refractivity contribution is 7.99. The van der Waals surface area contributed by atoms with Gasteiger partial charge < -0.3 is 5.11 Å². The van der Waals surface area contributed by atoms with Crippen LogP contribution in [0.4, 0.5) is 0 Å². The summed E-state index contributed by atoms with van der Waals surface area (Å²) in [5, 5.41) is 23.2. The molecule has 1 heterocycles. The van der Waals surface area contributed by atoms with Crippen LogP contribution in [0.1, 0.15) is 30.0 Å². The van der Waals surface area contributed by atoms with Crippen LogP contribution in [0.25, 0.3) is 5.69 Å². The Morgan fingerprint density at radius 1 is 1.48 bits per heavy atom. The fourth-order valence-corrected chi connectivity index (χ4v) is 2.83. The Morgan fingerprint density at radius 2 is 2.29 bits per heavy atom. The summed E-state index contributed by atoms with van der Waals surface area (Å²) < 4.78 is 1.74. The first kappa shape index (κ1) is 13.7. The summed E-state index contributed by atoms with van der Waals surface area (Å²) in [6.45, 7) is 0. The van der Waals surface area contributed by atoms with Gasteiger partial charge in [0.05, 0.1) is 28.8 Å². The van der Waals surface area contributed by atoms with Gasteiger partial charge in [-0.15, -0.1) is 0 Å². The van der Waals surface area contributed by atoms with Crippen LogP contribution < -0.4 is 0 Å². The van der Waals surface area contributed by atoms with Crippen LogP contribution in [0.5, 0.6) is 0 Å². The van der Waals surface area contributed by atoms with E-state index in [1.54, 1.807) is 22.9 Å². The zero-order valence-corrected chi connectivity index (χ0v) is 12.0. The number of carboxylic acid groups (broad SMARTS) is 1. The van der Waals surface area contributed by atoms with Crippen LogP contribution in [0.15, 0.2) is 35.4 Å². The van der Waals surface area contributed by atoms with Crippen LogP contribution in [0.2, 0.25) is 0 Å². The molecule has 0 spiro atoms. The SMILES string of the molecule is N#Cc1cccc(-n2nc(C3CC3)cc2SCC(=O)O)c1. The zero-order chi connectivity index (χ0) is 14.8. The van der Waals surface area contributed by atoms with Crippen molar-refractivity contribution in [2.75, 3.05) is 5.75 Å². The molecule has 106 valence electrons. The summed E-state index contributed by atoms with van der Waals surface area (Å²) in [7, 11) is 0. The van der Waals surface area contributed by atoms with Gasteiger partial charge in [-0.25, -0.2) is 4.68 Å². The quantitative estimate of drug-likeness (QED) is 0.859. The minimum Gasteiger partial charge on any atom is -0.481 e. The predicted molar refractivity (Wildman–Crippen MR) is 78.6 cm³/mol. The fourth-order valence-electron chi connectivity index (χ4n) is 2.09. The molecular formula is C15H13N3O2S. The van der Waals surface area contributed by atoms with Gasteiger partial charge in [0.15, 0.2) is 0 Å². The molecule has 1 N–H and O–H groups in total. The third-order valence-corrected chi connectivity index (χ3v) is 4.23. The van der Waals surface area contributed by atoms with Crippen molar-refractivity contribution in [2.24, 2.45) is 0 Å². The van der Waals surface area contributed by atoms with E-state index in [9.17, 15) is 4.79 Å². The molecule has 1 saturated carbocycles. The first-order chi connectivity index (χ1) is 10.2. The van der Waals surface area contributed by atoms with Crippen molar-refractivity contribution >= 4 is 17.7 Å². The van der Waals surface area contributed by atoms with Gasteiger partial charge >= 0.3 is 5.97 Å². The second kappa shape index (κ2) is 5.62. The smallest absolute Gasteiger partial charge is 0.313 e. The number of benzene rings is 1. The lowest BCUT2D eigenvalue weighted by Crippen LogP contribution is -2.02. The van der Waals surface area contributed by atoms with Crippen molar-refractivity contribution in [3.63, 3.8) is 0 Å². The van der Waals surface area contributed by atoms with Gasteiger partial charge in [0.1, 0.15) is 5.03 Å². The molecule has 2 aromatic rings. The van der Waals surface area contributed by atoms with Gasteiger partial charge in [-0.05, 0) is 37.1 Å². The number of carbonyl (C=O) groups is 1. The molecule has 0 atom stereocenters. The fraction of sp³-hybridized carbons (Fsp3) is 0.267.